The van der Waals surface area contributed by atoms with Crippen LogP contribution in [0.2, 0.25) is 0 Å². The molecule has 0 aliphatic heterocycles. The zero-order chi connectivity index (χ0) is 12.5. The molecule has 0 fully saturated rings. The van der Waals surface area contributed by atoms with Crippen molar-refractivity contribution >= 4 is 11.8 Å². The molecule has 0 radical (unpaired) electrons. The fourth-order valence-electron chi connectivity index (χ4n) is 1.68. The highest BCUT2D eigenvalue weighted by atomic mass is 32.2. The van der Waals surface area contributed by atoms with E-state index in [9.17, 15) is 0 Å². The molecule has 0 aromatic carbocycles. The van der Waals surface area contributed by atoms with Gasteiger partial charge in [0.1, 0.15) is 0 Å². The van der Waals surface area contributed by atoms with Crippen LogP contribution in [0.25, 0.3) is 0 Å². The van der Waals surface area contributed by atoms with Gasteiger partial charge in [-0.2, -0.15) is 11.8 Å². The van der Waals surface area contributed by atoms with E-state index >= 15 is 0 Å². The van der Waals surface area contributed by atoms with Crippen molar-refractivity contribution in [1.82, 2.24) is 5.32 Å². The second-order valence-electron chi connectivity index (χ2n) is 4.92. The molecule has 0 saturated carbocycles. The van der Waals surface area contributed by atoms with Gasteiger partial charge in [0.15, 0.2) is 0 Å². The van der Waals surface area contributed by atoms with Gasteiger partial charge in [-0.05, 0) is 42.7 Å². The lowest BCUT2D eigenvalue weighted by Gasteiger charge is -2.18. The Morgan fingerprint density at radius 2 is 2.18 bits per heavy atom. The predicted molar refractivity (Wildman–Crippen MR) is 76.7 cm³/mol. The van der Waals surface area contributed by atoms with Crippen LogP contribution in [0.3, 0.4) is 0 Å². The Labute approximate surface area is 110 Å². The van der Waals surface area contributed by atoms with Gasteiger partial charge in [0.05, 0.1) is 12.5 Å². The molecule has 1 aromatic heterocycles. The van der Waals surface area contributed by atoms with Crippen molar-refractivity contribution in [2.75, 3.05) is 18.1 Å². The van der Waals surface area contributed by atoms with Crippen LogP contribution in [0.5, 0.6) is 0 Å². The molecule has 1 aromatic rings. The monoisotopic (exact) mass is 255 g/mol. The van der Waals surface area contributed by atoms with Crippen molar-refractivity contribution < 1.29 is 4.42 Å². The first-order valence-electron chi connectivity index (χ1n) is 6.54. The first kappa shape index (κ1) is 14.7. The summed E-state index contributed by atoms with van der Waals surface area (Å²) in [6, 6.07) is 2.63. The minimum absolute atomic E-state index is 0.566. The topological polar surface area (TPSA) is 25.2 Å². The molecule has 17 heavy (non-hydrogen) atoms. The zero-order valence-electron chi connectivity index (χ0n) is 11.2. The lowest BCUT2D eigenvalue weighted by atomic mass is 10.1. The number of furan rings is 1. The summed E-state index contributed by atoms with van der Waals surface area (Å²) in [7, 11) is 0. The molecule has 1 N–H and O–H groups in total. The van der Waals surface area contributed by atoms with E-state index in [2.05, 4.69) is 32.2 Å². The molecule has 0 aliphatic carbocycles. The van der Waals surface area contributed by atoms with Gasteiger partial charge in [0.25, 0.3) is 0 Å². The number of hydrogen-bond donors (Lipinski definition) is 1. The van der Waals surface area contributed by atoms with E-state index in [0.29, 0.717) is 6.04 Å². The molecule has 1 heterocycles. The Morgan fingerprint density at radius 1 is 1.35 bits per heavy atom. The van der Waals surface area contributed by atoms with E-state index in [1.54, 1.807) is 6.26 Å². The SMILES string of the molecule is CCCNC(CSCC(C)C)Cc1ccoc1. The molecular formula is C14H25NOS. The molecular weight excluding hydrogens is 230 g/mol. The van der Waals surface area contributed by atoms with Crippen LogP contribution in [-0.4, -0.2) is 24.1 Å². The standard InChI is InChI=1S/C14H25NOS/c1-4-6-15-14(11-17-10-12(2)3)8-13-5-7-16-9-13/h5,7,9,12,14-15H,4,6,8,10-11H2,1-3H3. The Bertz CT molecular complexity index is 272. The van der Waals surface area contributed by atoms with Crippen molar-refractivity contribution in [3.05, 3.63) is 24.2 Å². The van der Waals surface area contributed by atoms with Crippen molar-refractivity contribution in [3.63, 3.8) is 0 Å². The summed E-state index contributed by atoms with van der Waals surface area (Å²) in [6.07, 6.45) is 5.87. The maximum absolute atomic E-state index is 5.13. The van der Waals surface area contributed by atoms with Crippen molar-refractivity contribution in [2.24, 2.45) is 5.92 Å². The van der Waals surface area contributed by atoms with E-state index in [-0.39, 0.29) is 0 Å². The van der Waals surface area contributed by atoms with Crippen LogP contribution in [0.1, 0.15) is 32.8 Å². The molecule has 3 heteroatoms. The van der Waals surface area contributed by atoms with Gasteiger partial charge < -0.3 is 9.73 Å². The third-order valence-electron chi connectivity index (χ3n) is 2.52. The van der Waals surface area contributed by atoms with Gasteiger partial charge in [-0.15, -0.1) is 0 Å². The van der Waals surface area contributed by atoms with Crippen LogP contribution in [0.15, 0.2) is 23.0 Å². The lowest BCUT2D eigenvalue weighted by molar-refractivity contribution is 0.536. The molecule has 2 nitrogen and oxygen atoms in total. The number of nitrogens with one attached hydrogen (secondary N) is 1. The maximum atomic E-state index is 5.13. The van der Waals surface area contributed by atoms with Crippen molar-refractivity contribution in [2.45, 2.75) is 39.7 Å². The summed E-state index contributed by atoms with van der Waals surface area (Å²) in [5.74, 6) is 3.21. The molecule has 0 spiro atoms. The van der Waals surface area contributed by atoms with Crippen LogP contribution < -0.4 is 5.32 Å². The molecule has 1 unspecified atom stereocenters. The van der Waals surface area contributed by atoms with Crippen molar-refractivity contribution in [3.8, 4) is 0 Å². The van der Waals surface area contributed by atoms with E-state index in [1.807, 2.05) is 18.0 Å². The number of thioether (sulfide) groups is 1. The van der Waals surface area contributed by atoms with Crippen LogP contribution >= 0.6 is 11.8 Å². The summed E-state index contributed by atoms with van der Waals surface area (Å²) in [4.78, 5) is 0. The van der Waals surface area contributed by atoms with Gasteiger partial charge in [0.2, 0.25) is 0 Å². The highest BCUT2D eigenvalue weighted by Crippen LogP contribution is 2.12. The smallest absolute Gasteiger partial charge is 0.0935 e. The van der Waals surface area contributed by atoms with Gasteiger partial charge >= 0.3 is 0 Å². The van der Waals surface area contributed by atoms with Crippen LogP contribution in [0.4, 0.5) is 0 Å². The second-order valence-corrected chi connectivity index (χ2v) is 5.99. The molecule has 1 atom stereocenters. The predicted octanol–water partition coefficient (Wildman–Crippen LogP) is 3.58. The van der Waals surface area contributed by atoms with Gasteiger partial charge in [-0.3, -0.25) is 0 Å². The summed E-state index contributed by atoms with van der Waals surface area (Å²) >= 11 is 2.05. The minimum atomic E-state index is 0.566. The van der Waals surface area contributed by atoms with E-state index in [0.717, 1.165) is 18.9 Å². The van der Waals surface area contributed by atoms with E-state index < -0.39 is 0 Å². The largest absolute Gasteiger partial charge is 0.472 e. The minimum Gasteiger partial charge on any atom is -0.472 e. The Morgan fingerprint density at radius 3 is 2.76 bits per heavy atom. The summed E-state index contributed by atoms with van der Waals surface area (Å²) in [6.45, 7) is 7.86. The molecule has 0 aliphatic rings. The normalized spacial score (nSPS) is 13.2. The molecule has 1 rings (SSSR count). The highest BCUT2D eigenvalue weighted by Gasteiger charge is 2.10. The molecule has 0 amide bonds. The Kier molecular flexibility index (Phi) is 7.45. The summed E-state index contributed by atoms with van der Waals surface area (Å²) < 4.78 is 5.13. The first-order valence-corrected chi connectivity index (χ1v) is 7.70. The van der Waals surface area contributed by atoms with Crippen molar-refractivity contribution in [1.29, 1.82) is 0 Å². The van der Waals surface area contributed by atoms with Gasteiger partial charge in [-0.25, -0.2) is 0 Å². The Hall–Kier alpha value is -0.410. The molecule has 0 saturated heterocycles. The summed E-state index contributed by atoms with van der Waals surface area (Å²) in [5, 5.41) is 3.62. The average molecular weight is 255 g/mol. The summed E-state index contributed by atoms with van der Waals surface area (Å²) in [5.41, 5.74) is 1.30. The Balaban J connectivity index is 2.31. The quantitative estimate of drug-likeness (QED) is 0.730. The van der Waals surface area contributed by atoms with Crippen LogP contribution in [-0.2, 0) is 6.42 Å². The number of rotatable bonds is 9. The maximum Gasteiger partial charge on any atom is 0.0935 e. The van der Waals surface area contributed by atoms with Crippen LogP contribution in [0, 0.1) is 5.92 Å². The molecule has 98 valence electrons. The van der Waals surface area contributed by atoms with E-state index in [4.69, 9.17) is 4.42 Å². The fourth-order valence-corrected chi connectivity index (χ4v) is 2.81. The van der Waals surface area contributed by atoms with Gasteiger partial charge in [-0.1, -0.05) is 20.8 Å². The molecule has 0 bridgehead atoms. The lowest BCUT2D eigenvalue weighted by Crippen LogP contribution is -2.34. The highest BCUT2D eigenvalue weighted by molar-refractivity contribution is 7.99. The first-order chi connectivity index (χ1) is 8.22. The van der Waals surface area contributed by atoms with Gasteiger partial charge in [0, 0.05) is 11.8 Å². The third-order valence-corrected chi connectivity index (χ3v) is 4.06. The fraction of sp³-hybridized carbons (Fsp3) is 0.714. The average Bonchev–Trinajstić information content (AvgIpc) is 2.78. The third kappa shape index (κ3) is 6.79. The van der Waals surface area contributed by atoms with E-state index in [1.165, 1.54) is 23.5 Å². The zero-order valence-corrected chi connectivity index (χ0v) is 12.1. The number of hydrogen-bond acceptors (Lipinski definition) is 3. The second kappa shape index (κ2) is 8.65.